The van der Waals surface area contributed by atoms with Crippen molar-refractivity contribution in [1.29, 1.82) is 0 Å². The monoisotopic (exact) mass is 298 g/mol. The maximum absolute atomic E-state index is 12.1. The summed E-state index contributed by atoms with van der Waals surface area (Å²) in [6, 6.07) is 10.9. The first-order valence-corrected chi connectivity index (χ1v) is 8.56. The molecule has 0 bridgehead atoms. The van der Waals surface area contributed by atoms with Crippen LogP contribution in [-0.2, 0) is 4.79 Å². The smallest absolute Gasteiger partial charge is 0.222 e. The molecule has 2 saturated heterocycles. The third-order valence-electron chi connectivity index (χ3n) is 4.75. The Labute approximate surface area is 133 Å². The lowest BCUT2D eigenvalue weighted by Gasteiger charge is -2.40. The highest BCUT2D eigenvalue weighted by Crippen LogP contribution is 2.21. The summed E-state index contributed by atoms with van der Waals surface area (Å²) in [4.78, 5) is 16.7. The highest BCUT2D eigenvalue weighted by molar-refractivity contribution is 5.77. The van der Waals surface area contributed by atoms with Gasteiger partial charge in [-0.05, 0) is 37.8 Å². The molecule has 0 radical (unpaired) electrons. The number of amides is 1. The summed E-state index contributed by atoms with van der Waals surface area (Å²) in [6.07, 6.45) is 9.82. The van der Waals surface area contributed by atoms with Crippen LogP contribution in [0.25, 0.3) is 6.08 Å². The van der Waals surface area contributed by atoms with Crippen molar-refractivity contribution in [2.75, 3.05) is 26.2 Å². The van der Waals surface area contributed by atoms with Gasteiger partial charge in [0.05, 0.1) is 0 Å². The molecule has 2 aliphatic rings. The van der Waals surface area contributed by atoms with Crippen LogP contribution in [0.1, 0.15) is 37.7 Å². The number of rotatable bonds is 4. The second kappa shape index (κ2) is 7.59. The minimum atomic E-state index is 0.373. The van der Waals surface area contributed by atoms with Gasteiger partial charge >= 0.3 is 0 Å². The van der Waals surface area contributed by atoms with Crippen molar-refractivity contribution in [3.63, 3.8) is 0 Å². The Kier molecular flexibility index (Phi) is 5.28. The van der Waals surface area contributed by atoms with Crippen LogP contribution in [0.4, 0.5) is 0 Å². The molecule has 3 rings (SSSR count). The number of benzene rings is 1. The van der Waals surface area contributed by atoms with Gasteiger partial charge in [-0.3, -0.25) is 9.69 Å². The van der Waals surface area contributed by atoms with Crippen molar-refractivity contribution in [3.8, 4) is 0 Å². The van der Waals surface area contributed by atoms with Gasteiger partial charge < -0.3 is 4.90 Å². The minimum Gasteiger partial charge on any atom is -0.338 e. The Morgan fingerprint density at radius 3 is 2.77 bits per heavy atom. The summed E-state index contributed by atoms with van der Waals surface area (Å²) in [6.45, 7) is 4.13. The molecule has 0 saturated carbocycles. The normalized spacial score (nSPS) is 24.1. The topological polar surface area (TPSA) is 23.6 Å². The van der Waals surface area contributed by atoms with Gasteiger partial charge in [0, 0.05) is 32.1 Å². The third-order valence-corrected chi connectivity index (χ3v) is 4.75. The number of carbonyl (C=O) groups is 1. The van der Waals surface area contributed by atoms with E-state index in [9.17, 15) is 4.79 Å². The van der Waals surface area contributed by atoms with E-state index in [-0.39, 0.29) is 0 Å². The summed E-state index contributed by atoms with van der Waals surface area (Å²) in [7, 11) is 0. The molecule has 1 aromatic rings. The lowest BCUT2D eigenvalue weighted by Crippen LogP contribution is -2.51. The van der Waals surface area contributed by atoms with Gasteiger partial charge in [-0.15, -0.1) is 0 Å². The first-order valence-electron chi connectivity index (χ1n) is 8.56. The number of likely N-dealkylation sites (tertiary alicyclic amines) is 2. The second-order valence-electron chi connectivity index (χ2n) is 6.41. The lowest BCUT2D eigenvalue weighted by molar-refractivity contribution is -0.136. The van der Waals surface area contributed by atoms with Gasteiger partial charge in [-0.1, -0.05) is 42.5 Å². The zero-order valence-corrected chi connectivity index (χ0v) is 13.3. The Bertz CT molecular complexity index is 511. The zero-order chi connectivity index (χ0) is 15.2. The molecule has 0 aliphatic carbocycles. The minimum absolute atomic E-state index is 0.373. The van der Waals surface area contributed by atoms with Gasteiger partial charge in [0.25, 0.3) is 0 Å². The summed E-state index contributed by atoms with van der Waals surface area (Å²) >= 11 is 0. The third kappa shape index (κ3) is 3.98. The number of carbonyl (C=O) groups excluding carboxylic acids is 1. The first-order chi connectivity index (χ1) is 10.8. The van der Waals surface area contributed by atoms with E-state index in [2.05, 4.69) is 46.2 Å². The SMILES string of the molecule is O=C1CCCCN1C1CCCN(CC=Cc2ccccc2)C1. The van der Waals surface area contributed by atoms with Crippen LogP contribution in [0.3, 0.4) is 0 Å². The standard InChI is InChI=1S/C19H26N2O/c22-19-12-4-5-15-21(19)18-11-7-14-20(16-18)13-6-10-17-8-2-1-3-9-17/h1-3,6,8-10,18H,4-5,7,11-16H2. The van der Waals surface area contributed by atoms with Crippen molar-refractivity contribution in [2.45, 2.75) is 38.1 Å². The lowest BCUT2D eigenvalue weighted by atomic mass is 10.0. The Balaban J connectivity index is 1.52. The maximum Gasteiger partial charge on any atom is 0.222 e. The second-order valence-corrected chi connectivity index (χ2v) is 6.41. The van der Waals surface area contributed by atoms with E-state index in [1.165, 1.54) is 24.8 Å². The van der Waals surface area contributed by atoms with Crippen molar-refractivity contribution >= 4 is 12.0 Å². The van der Waals surface area contributed by atoms with Crippen molar-refractivity contribution < 1.29 is 4.79 Å². The molecule has 0 aromatic heterocycles. The summed E-state index contributed by atoms with van der Waals surface area (Å²) in [5, 5.41) is 0. The summed E-state index contributed by atoms with van der Waals surface area (Å²) in [5.41, 5.74) is 1.25. The fourth-order valence-corrected chi connectivity index (χ4v) is 3.57. The molecule has 2 aliphatic heterocycles. The van der Waals surface area contributed by atoms with Crippen molar-refractivity contribution in [1.82, 2.24) is 9.80 Å². The molecular formula is C19H26N2O. The molecule has 3 heteroatoms. The van der Waals surface area contributed by atoms with E-state index >= 15 is 0 Å². The van der Waals surface area contributed by atoms with Crippen LogP contribution < -0.4 is 0 Å². The van der Waals surface area contributed by atoms with Crippen LogP contribution in [0, 0.1) is 0 Å². The molecule has 2 fully saturated rings. The number of piperidine rings is 2. The molecule has 1 aromatic carbocycles. The Morgan fingerprint density at radius 2 is 1.95 bits per heavy atom. The van der Waals surface area contributed by atoms with E-state index in [0.717, 1.165) is 39.0 Å². The molecule has 118 valence electrons. The van der Waals surface area contributed by atoms with Crippen molar-refractivity contribution in [2.24, 2.45) is 0 Å². The fraction of sp³-hybridized carbons (Fsp3) is 0.526. The molecule has 1 unspecified atom stereocenters. The molecule has 1 amide bonds. The number of hydrogen-bond acceptors (Lipinski definition) is 2. The fourth-order valence-electron chi connectivity index (χ4n) is 3.57. The number of hydrogen-bond donors (Lipinski definition) is 0. The maximum atomic E-state index is 12.1. The average Bonchev–Trinajstić information content (AvgIpc) is 2.57. The molecule has 0 N–H and O–H groups in total. The first kappa shape index (κ1) is 15.3. The van der Waals surface area contributed by atoms with E-state index < -0.39 is 0 Å². The Hall–Kier alpha value is -1.61. The Morgan fingerprint density at radius 1 is 1.09 bits per heavy atom. The zero-order valence-electron chi connectivity index (χ0n) is 13.3. The van der Waals surface area contributed by atoms with E-state index in [0.29, 0.717) is 11.9 Å². The van der Waals surface area contributed by atoms with Crippen LogP contribution in [-0.4, -0.2) is 47.9 Å². The van der Waals surface area contributed by atoms with Gasteiger partial charge in [-0.2, -0.15) is 0 Å². The molecular weight excluding hydrogens is 272 g/mol. The highest BCUT2D eigenvalue weighted by Gasteiger charge is 2.29. The summed E-state index contributed by atoms with van der Waals surface area (Å²) in [5.74, 6) is 0.373. The average molecular weight is 298 g/mol. The highest BCUT2D eigenvalue weighted by atomic mass is 16.2. The van der Waals surface area contributed by atoms with E-state index in [1.54, 1.807) is 0 Å². The molecule has 2 heterocycles. The van der Waals surface area contributed by atoms with Crippen LogP contribution in [0.15, 0.2) is 36.4 Å². The van der Waals surface area contributed by atoms with E-state index in [1.807, 2.05) is 6.07 Å². The molecule has 1 atom stereocenters. The van der Waals surface area contributed by atoms with Crippen LogP contribution in [0.2, 0.25) is 0 Å². The van der Waals surface area contributed by atoms with Crippen LogP contribution in [0.5, 0.6) is 0 Å². The van der Waals surface area contributed by atoms with Gasteiger partial charge in [0.1, 0.15) is 0 Å². The quantitative estimate of drug-likeness (QED) is 0.852. The number of nitrogens with zero attached hydrogens (tertiary/aromatic N) is 2. The predicted octanol–water partition coefficient (Wildman–Crippen LogP) is 3.18. The summed E-state index contributed by atoms with van der Waals surface area (Å²) < 4.78 is 0. The molecule has 0 spiro atoms. The predicted molar refractivity (Wildman–Crippen MR) is 90.5 cm³/mol. The largest absolute Gasteiger partial charge is 0.338 e. The van der Waals surface area contributed by atoms with Crippen LogP contribution >= 0.6 is 0 Å². The van der Waals surface area contributed by atoms with E-state index in [4.69, 9.17) is 0 Å². The van der Waals surface area contributed by atoms with Gasteiger partial charge in [-0.25, -0.2) is 0 Å². The van der Waals surface area contributed by atoms with Gasteiger partial charge in [0.2, 0.25) is 5.91 Å². The molecule has 22 heavy (non-hydrogen) atoms. The van der Waals surface area contributed by atoms with Gasteiger partial charge in [0.15, 0.2) is 0 Å². The molecule has 3 nitrogen and oxygen atoms in total. The van der Waals surface area contributed by atoms with Crippen molar-refractivity contribution in [3.05, 3.63) is 42.0 Å².